The Morgan fingerprint density at radius 2 is 1.80 bits per heavy atom. The minimum atomic E-state index is 0.107. The maximum atomic E-state index is 5.85. The van der Waals surface area contributed by atoms with Crippen molar-refractivity contribution in [3.05, 3.63) is 60.2 Å². The van der Waals surface area contributed by atoms with Crippen LogP contribution in [0.2, 0.25) is 0 Å². The zero-order valence-electron chi connectivity index (χ0n) is 14.8. The van der Waals surface area contributed by atoms with Gasteiger partial charge in [-0.3, -0.25) is 0 Å². The SMILES string of the molecule is CCOc1ccc(NC(=S)NCCCO[C@@H](C)c2ccccc2)cc1. The van der Waals surface area contributed by atoms with Crippen LogP contribution in [0.5, 0.6) is 5.75 Å². The molecule has 0 aromatic heterocycles. The Morgan fingerprint density at radius 3 is 2.48 bits per heavy atom. The first-order chi connectivity index (χ1) is 12.2. The van der Waals surface area contributed by atoms with E-state index in [2.05, 4.69) is 29.7 Å². The standard InChI is InChI=1S/C20H26N2O2S/c1-3-23-19-12-10-18(11-13-19)22-20(25)21-14-7-15-24-16(2)17-8-5-4-6-9-17/h4-6,8-13,16H,3,7,14-15H2,1-2H3,(H2,21,22,25)/t16-/m0/s1. The van der Waals surface area contributed by atoms with Crippen LogP contribution in [0.4, 0.5) is 5.69 Å². The first-order valence-electron chi connectivity index (χ1n) is 8.63. The van der Waals surface area contributed by atoms with Crippen LogP contribution >= 0.6 is 12.2 Å². The summed E-state index contributed by atoms with van der Waals surface area (Å²) in [5.74, 6) is 0.858. The van der Waals surface area contributed by atoms with Crippen LogP contribution < -0.4 is 15.4 Å². The van der Waals surface area contributed by atoms with E-state index < -0.39 is 0 Å². The van der Waals surface area contributed by atoms with E-state index >= 15 is 0 Å². The molecule has 0 heterocycles. The highest BCUT2D eigenvalue weighted by molar-refractivity contribution is 7.80. The number of hydrogen-bond acceptors (Lipinski definition) is 3. The van der Waals surface area contributed by atoms with E-state index in [0.29, 0.717) is 18.3 Å². The van der Waals surface area contributed by atoms with Gasteiger partial charge < -0.3 is 20.1 Å². The maximum absolute atomic E-state index is 5.85. The summed E-state index contributed by atoms with van der Waals surface area (Å²) in [6.45, 7) is 6.16. The Hall–Kier alpha value is -2.11. The van der Waals surface area contributed by atoms with Crippen molar-refractivity contribution in [2.24, 2.45) is 0 Å². The molecule has 2 aromatic rings. The largest absolute Gasteiger partial charge is 0.494 e. The van der Waals surface area contributed by atoms with Gasteiger partial charge in [0, 0.05) is 18.8 Å². The van der Waals surface area contributed by atoms with Gasteiger partial charge in [-0.1, -0.05) is 30.3 Å². The summed E-state index contributed by atoms with van der Waals surface area (Å²) in [5.41, 5.74) is 2.14. The number of hydrogen-bond donors (Lipinski definition) is 2. The summed E-state index contributed by atoms with van der Waals surface area (Å²) in [5, 5.41) is 6.97. The average molecular weight is 359 g/mol. The molecule has 1 atom stereocenters. The van der Waals surface area contributed by atoms with E-state index in [1.165, 1.54) is 5.56 Å². The molecule has 0 aliphatic rings. The number of benzene rings is 2. The third-order valence-corrected chi connectivity index (χ3v) is 3.91. The van der Waals surface area contributed by atoms with Crippen molar-refractivity contribution in [2.45, 2.75) is 26.4 Å². The van der Waals surface area contributed by atoms with Crippen LogP contribution in [0.3, 0.4) is 0 Å². The van der Waals surface area contributed by atoms with Crippen molar-refractivity contribution in [1.82, 2.24) is 5.32 Å². The van der Waals surface area contributed by atoms with Crippen LogP contribution in [-0.2, 0) is 4.74 Å². The second kappa shape index (κ2) is 10.7. The Balaban J connectivity index is 1.60. The van der Waals surface area contributed by atoms with Crippen molar-refractivity contribution in [3.8, 4) is 5.75 Å². The molecule has 0 aliphatic heterocycles. The highest BCUT2D eigenvalue weighted by Crippen LogP contribution is 2.16. The molecular weight excluding hydrogens is 332 g/mol. The van der Waals surface area contributed by atoms with E-state index in [1.807, 2.05) is 49.4 Å². The van der Waals surface area contributed by atoms with Crippen molar-refractivity contribution < 1.29 is 9.47 Å². The Morgan fingerprint density at radius 1 is 1.08 bits per heavy atom. The first-order valence-corrected chi connectivity index (χ1v) is 9.04. The zero-order chi connectivity index (χ0) is 17.9. The lowest BCUT2D eigenvalue weighted by Crippen LogP contribution is -2.29. The van der Waals surface area contributed by atoms with Crippen LogP contribution in [0.25, 0.3) is 0 Å². The number of thiocarbonyl (C=S) groups is 1. The molecule has 0 amide bonds. The maximum Gasteiger partial charge on any atom is 0.170 e. The highest BCUT2D eigenvalue weighted by Gasteiger charge is 2.04. The van der Waals surface area contributed by atoms with Gasteiger partial charge in [-0.15, -0.1) is 0 Å². The molecule has 0 spiro atoms. The van der Waals surface area contributed by atoms with Crippen LogP contribution in [0.15, 0.2) is 54.6 Å². The lowest BCUT2D eigenvalue weighted by Gasteiger charge is -2.14. The smallest absolute Gasteiger partial charge is 0.170 e. The fraction of sp³-hybridized carbons (Fsp3) is 0.350. The molecule has 0 radical (unpaired) electrons. The Kier molecular flexibility index (Phi) is 8.22. The molecule has 0 saturated heterocycles. The van der Waals surface area contributed by atoms with Crippen molar-refractivity contribution >= 4 is 23.0 Å². The summed E-state index contributed by atoms with van der Waals surface area (Å²) in [4.78, 5) is 0. The third-order valence-electron chi connectivity index (χ3n) is 3.67. The summed E-state index contributed by atoms with van der Waals surface area (Å²) in [6, 6.07) is 18.0. The first kappa shape index (κ1) is 19.2. The highest BCUT2D eigenvalue weighted by atomic mass is 32.1. The average Bonchev–Trinajstić information content (AvgIpc) is 2.64. The lowest BCUT2D eigenvalue weighted by molar-refractivity contribution is 0.0646. The quantitative estimate of drug-likeness (QED) is 0.509. The van der Waals surface area contributed by atoms with Crippen molar-refractivity contribution in [2.75, 3.05) is 25.1 Å². The van der Waals surface area contributed by atoms with Crippen molar-refractivity contribution in [3.63, 3.8) is 0 Å². The molecule has 0 unspecified atom stereocenters. The van der Waals surface area contributed by atoms with Gasteiger partial charge in [-0.25, -0.2) is 0 Å². The molecule has 134 valence electrons. The van der Waals surface area contributed by atoms with Gasteiger partial charge in [0.25, 0.3) is 0 Å². The van der Waals surface area contributed by atoms with E-state index in [9.17, 15) is 0 Å². The predicted octanol–water partition coefficient (Wildman–Crippen LogP) is 4.54. The van der Waals surface area contributed by atoms with E-state index in [-0.39, 0.29) is 6.10 Å². The van der Waals surface area contributed by atoms with Gasteiger partial charge in [-0.2, -0.15) is 0 Å². The molecule has 2 aromatic carbocycles. The van der Waals surface area contributed by atoms with Gasteiger partial charge in [0.1, 0.15) is 5.75 Å². The molecule has 4 nitrogen and oxygen atoms in total. The molecule has 0 fully saturated rings. The second-order valence-corrected chi connectivity index (χ2v) is 6.02. The minimum Gasteiger partial charge on any atom is -0.494 e. The zero-order valence-corrected chi connectivity index (χ0v) is 15.6. The fourth-order valence-corrected chi connectivity index (χ4v) is 2.55. The molecule has 5 heteroatoms. The van der Waals surface area contributed by atoms with Gasteiger partial charge in [0.15, 0.2) is 5.11 Å². The molecular formula is C20H26N2O2S. The van der Waals surface area contributed by atoms with Crippen LogP contribution in [0, 0.1) is 0 Å². The second-order valence-electron chi connectivity index (χ2n) is 5.62. The van der Waals surface area contributed by atoms with Gasteiger partial charge in [0.05, 0.1) is 12.7 Å². The summed E-state index contributed by atoms with van der Waals surface area (Å²) in [7, 11) is 0. The Labute approximate surface area is 155 Å². The minimum absolute atomic E-state index is 0.107. The Bertz CT molecular complexity index is 632. The number of nitrogens with one attached hydrogen (secondary N) is 2. The number of rotatable bonds is 9. The number of anilines is 1. The van der Waals surface area contributed by atoms with E-state index in [0.717, 1.165) is 24.4 Å². The summed E-state index contributed by atoms with van der Waals surface area (Å²) < 4.78 is 11.3. The monoisotopic (exact) mass is 358 g/mol. The molecule has 25 heavy (non-hydrogen) atoms. The normalized spacial score (nSPS) is 11.6. The molecule has 0 aliphatic carbocycles. The summed E-state index contributed by atoms with van der Waals surface area (Å²) in [6.07, 6.45) is 0.998. The third kappa shape index (κ3) is 7.11. The predicted molar refractivity (Wildman–Crippen MR) is 107 cm³/mol. The van der Waals surface area contributed by atoms with Gasteiger partial charge in [-0.05, 0) is 62.3 Å². The lowest BCUT2D eigenvalue weighted by atomic mass is 10.1. The van der Waals surface area contributed by atoms with E-state index in [4.69, 9.17) is 21.7 Å². The number of ether oxygens (including phenoxy) is 2. The van der Waals surface area contributed by atoms with Crippen molar-refractivity contribution in [1.29, 1.82) is 0 Å². The van der Waals surface area contributed by atoms with Gasteiger partial charge in [0.2, 0.25) is 0 Å². The topological polar surface area (TPSA) is 42.5 Å². The molecule has 2 rings (SSSR count). The van der Waals surface area contributed by atoms with Gasteiger partial charge >= 0.3 is 0 Å². The molecule has 0 saturated carbocycles. The molecule has 0 bridgehead atoms. The van der Waals surface area contributed by atoms with Crippen LogP contribution in [0.1, 0.15) is 31.9 Å². The molecule has 2 N–H and O–H groups in total. The van der Waals surface area contributed by atoms with Crippen LogP contribution in [-0.4, -0.2) is 24.9 Å². The fourth-order valence-electron chi connectivity index (χ4n) is 2.33. The van der Waals surface area contributed by atoms with E-state index in [1.54, 1.807) is 0 Å². The summed E-state index contributed by atoms with van der Waals surface area (Å²) >= 11 is 5.30.